The van der Waals surface area contributed by atoms with Crippen molar-refractivity contribution in [2.45, 2.75) is 5.62 Å². The van der Waals surface area contributed by atoms with Crippen LogP contribution >= 0.6 is 12.6 Å². The first-order chi connectivity index (χ1) is 2.89. The molecule has 2 nitrogen and oxygen atoms in total. The van der Waals surface area contributed by atoms with Crippen LogP contribution in [0.15, 0.2) is 0 Å². The van der Waals surface area contributed by atoms with E-state index in [9.17, 15) is 0 Å². The number of rotatable bonds is 0. The maximum absolute atomic E-state index is 4.79. The van der Waals surface area contributed by atoms with Gasteiger partial charge < -0.3 is 9.47 Å². The van der Waals surface area contributed by atoms with E-state index in [2.05, 4.69) is 12.6 Å². The van der Waals surface area contributed by atoms with Gasteiger partial charge in [-0.15, -0.1) is 12.6 Å². The molecule has 1 aliphatic rings. The van der Waals surface area contributed by atoms with Crippen molar-refractivity contribution >= 4 is 12.6 Å². The molecule has 0 amide bonds. The molecule has 0 spiro atoms. The predicted molar refractivity (Wildman–Crippen MR) is 24.7 cm³/mol. The molecular formula is C3H6O2S. The number of ether oxygens (including phenoxy) is 2. The molecule has 36 valence electrons. The van der Waals surface area contributed by atoms with Crippen LogP contribution in [0.1, 0.15) is 0 Å². The van der Waals surface area contributed by atoms with Crippen molar-refractivity contribution < 1.29 is 9.47 Å². The molecule has 0 atom stereocenters. The second-order valence-corrected chi connectivity index (χ2v) is 1.47. The van der Waals surface area contributed by atoms with Crippen LogP contribution in [0.5, 0.6) is 0 Å². The Morgan fingerprint density at radius 1 is 1.33 bits per heavy atom. The molecule has 1 rings (SSSR count). The molecule has 0 radical (unpaired) electrons. The van der Waals surface area contributed by atoms with E-state index in [-0.39, 0.29) is 5.62 Å². The maximum atomic E-state index is 4.79. The highest BCUT2D eigenvalue weighted by atomic mass is 32.1. The molecule has 6 heavy (non-hydrogen) atoms. The van der Waals surface area contributed by atoms with Crippen LogP contribution in [0.25, 0.3) is 0 Å². The molecular weight excluding hydrogens is 100 g/mol. The Morgan fingerprint density at radius 3 is 2.00 bits per heavy atom. The van der Waals surface area contributed by atoms with Gasteiger partial charge in [-0.25, -0.2) is 0 Å². The molecule has 0 bridgehead atoms. The topological polar surface area (TPSA) is 18.5 Å². The van der Waals surface area contributed by atoms with E-state index in [1.807, 2.05) is 0 Å². The maximum Gasteiger partial charge on any atom is 0.204 e. The SMILES string of the molecule is SC1OCCO1. The summed E-state index contributed by atoms with van der Waals surface area (Å²) in [5, 5.41) is 0. The third-order valence-electron chi connectivity index (χ3n) is 0.604. The van der Waals surface area contributed by atoms with Gasteiger partial charge in [0.05, 0.1) is 13.2 Å². The summed E-state index contributed by atoms with van der Waals surface area (Å²) in [5.74, 6) is 0. The second-order valence-electron chi connectivity index (χ2n) is 1.05. The van der Waals surface area contributed by atoms with Gasteiger partial charge in [-0.05, 0) is 0 Å². The van der Waals surface area contributed by atoms with Gasteiger partial charge in [0.25, 0.3) is 0 Å². The van der Waals surface area contributed by atoms with Crippen LogP contribution in [0, 0.1) is 0 Å². The molecule has 0 aromatic heterocycles. The van der Waals surface area contributed by atoms with Crippen molar-refractivity contribution in [3.8, 4) is 0 Å². The summed E-state index contributed by atoms with van der Waals surface area (Å²) < 4.78 is 9.59. The first kappa shape index (κ1) is 4.43. The Hall–Kier alpha value is 0.270. The lowest BCUT2D eigenvalue weighted by atomic mass is 10.8. The highest BCUT2D eigenvalue weighted by Crippen LogP contribution is 2.04. The summed E-state index contributed by atoms with van der Waals surface area (Å²) in [6, 6.07) is 0. The lowest BCUT2D eigenvalue weighted by molar-refractivity contribution is 0.0364. The Morgan fingerprint density at radius 2 is 1.83 bits per heavy atom. The normalized spacial score (nSPS) is 25.5. The molecule has 0 N–H and O–H groups in total. The zero-order valence-electron chi connectivity index (χ0n) is 3.26. The molecule has 3 heteroatoms. The summed E-state index contributed by atoms with van der Waals surface area (Å²) in [6.45, 7) is 1.38. The number of hydrogen-bond acceptors (Lipinski definition) is 3. The predicted octanol–water partition coefficient (Wildman–Crippen LogP) is 0.247. The van der Waals surface area contributed by atoms with Crippen molar-refractivity contribution in [2.75, 3.05) is 13.2 Å². The first-order valence-electron chi connectivity index (χ1n) is 1.81. The van der Waals surface area contributed by atoms with Crippen LogP contribution in [0.3, 0.4) is 0 Å². The minimum Gasteiger partial charge on any atom is -0.341 e. The Kier molecular flexibility index (Phi) is 1.34. The van der Waals surface area contributed by atoms with Gasteiger partial charge in [-0.3, -0.25) is 0 Å². The Bertz CT molecular complexity index is 42.1. The van der Waals surface area contributed by atoms with Gasteiger partial charge in [-0.2, -0.15) is 0 Å². The largest absolute Gasteiger partial charge is 0.341 e. The zero-order chi connectivity index (χ0) is 4.41. The molecule has 1 saturated heterocycles. The molecule has 0 aromatic rings. The highest BCUT2D eigenvalue weighted by Gasteiger charge is 2.08. The monoisotopic (exact) mass is 106 g/mol. The van der Waals surface area contributed by atoms with Crippen molar-refractivity contribution in [3.05, 3.63) is 0 Å². The molecule has 0 aliphatic carbocycles. The van der Waals surface area contributed by atoms with Crippen LogP contribution < -0.4 is 0 Å². The van der Waals surface area contributed by atoms with E-state index in [0.717, 1.165) is 0 Å². The Labute approximate surface area is 41.8 Å². The fourth-order valence-electron chi connectivity index (χ4n) is 0.346. The van der Waals surface area contributed by atoms with Crippen LogP contribution in [0.2, 0.25) is 0 Å². The van der Waals surface area contributed by atoms with Crippen LogP contribution in [0.4, 0.5) is 0 Å². The molecule has 1 fully saturated rings. The number of hydrogen-bond donors (Lipinski definition) is 1. The van der Waals surface area contributed by atoms with E-state index < -0.39 is 0 Å². The fraction of sp³-hybridized carbons (Fsp3) is 1.00. The fourth-order valence-corrected chi connectivity index (χ4v) is 0.557. The third-order valence-corrected chi connectivity index (χ3v) is 0.902. The highest BCUT2D eigenvalue weighted by molar-refractivity contribution is 7.80. The van der Waals surface area contributed by atoms with Crippen molar-refractivity contribution in [2.24, 2.45) is 0 Å². The van der Waals surface area contributed by atoms with Gasteiger partial charge in [0.1, 0.15) is 0 Å². The second kappa shape index (κ2) is 1.82. The molecule has 1 heterocycles. The summed E-state index contributed by atoms with van der Waals surface area (Å²) >= 11 is 3.85. The average molecular weight is 106 g/mol. The average Bonchev–Trinajstić information content (AvgIpc) is 1.86. The smallest absolute Gasteiger partial charge is 0.204 e. The lowest BCUT2D eigenvalue weighted by Crippen LogP contribution is -1.93. The van der Waals surface area contributed by atoms with Crippen LogP contribution in [-0.4, -0.2) is 18.8 Å². The van der Waals surface area contributed by atoms with E-state index in [0.29, 0.717) is 13.2 Å². The summed E-state index contributed by atoms with van der Waals surface area (Å²) in [6.07, 6.45) is 0. The van der Waals surface area contributed by atoms with Crippen LogP contribution in [-0.2, 0) is 9.47 Å². The first-order valence-corrected chi connectivity index (χ1v) is 2.32. The standard InChI is InChI=1S/C3H6O2S/c6-3-4-1-2-5-3/h3,6H,1-2H2. The van der Waals surface area contributed by atoms with Gasteiger partial charge in [0.2, 0.25) is 5.62 Å². The summed E-state index contributed by atoms with van der Waals surface area (Å²) in [5.41, 5.74) is -0.259. The quantitative estimate of drug-likeness (QED) is 0.446. The van der Waals surface area contributed by atoms with E-state index in [1.165, 1.54) is 0 Å². The van der Waals surface area contributed by atoms with Gasteiger partial charge in [-0.1, -0.05) is 0 Å². The van der Waals surface area contributed by atoms with Gasteiger partial charge >= 0.3 is 0 Å². The Balaban J connectivity index is 2.18. The minimum atomic E-state index is -0.259. The van der Waals surface area contributed by atoms with E-state index in [4.69, 9.17) is 9.47 Å². The molecule has 0 unspecified atom stereocenters. The van der Waals surface area contributed by atoms with Crippen molar-refractivity contribution in [1.82, 2.24) is 0 Å². The molecule has 1 aliphatic heterocycles. The van der Waals surface area contributed by atoms with Gasteiger partial charge in [0, 0.05) is 0 Å². The van der Waals surface area contributed by atoms with E-state index >= 15 is 0 Å². The van der Waals surface area contributed by atoms with Crippen molar-refractivity contribution in [3.63, 3.8) is 0 Å². The molecule has 0 aromatic carbocycles. The summed E-state index contributed by atoms with van der Waals surface area (Å²) in [4.78, 5) is 0. The van der Waals surface area contributed by atoms with Crippen molar-refractivity contribution in [1.29, 1.82) is 0 Å². The van der Waals surface area contributed by atoms with Gasteiger partial charge in [0.15, 0.2) is 0 Å². The van der Waals surface area contributed by atoms with E-state index in [1.54, 1.807) is 0 Å². The minimum absolute atomic E-state index is 0.259. The third kappa shape index (κ3) is 0.864. The lowest BCUT2D eigenvalue weighted by Gasteiger charge is -1.93. The summed E-state index contributed by atoms with van der Waals surface area (Å²) in [7, 11) is 0. The number of thiol groups is 1. The zero-order valence-corrected chi connectivity index (χ0v) is 4.15. The molecule has 0 saturated carbocycles.